The molecule has 3 aromatic carbocycles. The molecule has 1 amide bonds. The van der Waals surface area contributed by atoms with Crippen molar-refractivity contribution in [3.8, 4) is 11.1 Å². The van der Waals surface area contributed by atoms with Gasteiger partial charge in [-0.05, 0) is 46.4 Å². The zero-order valence-electron chi connectivity index (χ0n) is 16.0. The first-order valence-electron chi connectivity index (χ1n) is 9.56. The maximum absolute atomic E-state index is 12.4. The molecule has 2 N–H and O–H groups in total. The number of fused-ring (bicyclic) bond motifs is 3. The Morgan fingerprint density at radius 1 is 0.966 bits per heavy atom. The lowest BCUT2D eigenvalue weighted by Crippen LogP contribution is -2.19. The largest absolute Gasteiger partial charge is 0.478 e. The van der Waals surface area contributed by atoms with Crippen LogP contribution in [-0.2, 0) is 11.2 Å². The fourth-order valence-electron chi connectivity index (χ4n) is 3.84. The standard InChI is InChI=1S/C24H21NO4/c1-2-15-11-12-22(20(13-15)23(26)27)25-24(28)29-14-21-18-9-5-3-7-16(18)17-8-4-6-10-19(17)21/h3-13,21H,2,14H2,1H3,(H,25,28)(H,26,27). The number of hydrogen-bond donors (Lipinski definition) is 2. The summed E-state index contributed by atoms with van der Waals surface area (Å²) in [6.45, 7) is 2.12. The Balaban J connectivity index is 1.51. The van der Waals surface area contributed by atoms with Crippen molar-refractivity contribution in [2.45, 2.75) is 19.3 Å². The molecule has 0 spiro atoms. The van der Waals surface area contributed by atoms with Gasteiger partial charge in [-0.25, -0.2) is 9.59 Å². The first-order chi connectivity index (χ1) is 14.1. The highest BCUT2D eigenvalue weighted by molar-refractivity contribution is 5.99. The number of carbonyl (C=O) groups is 2. The Kier molecular flexibility index (Phi) is 5.04. The van der Waals surface area contributed by atoms with Crippen molar-refractivity contribution in [1.82, 2.24) is 0 Å². The molecular formula is C24H21NO4. The number of carboxylic acid groups (broad SMARTS) is 1. The predicted octanol–water partition coefficient (Wildman–Crippen LogP) is 5.31. The lowest BCUT2D eigenvalue weighted by molar-refractivity contribution is 0.0698. The van der Waals surface area contributed by atoms with Crippen LogP contribution in [0.1, 0.15) is 39.9 Å². The molecule has 5 heteroatoms. The van der Waals surface area contributed by atoms with Crippen LogP contribution in [-0.4, -0.2) is 23.8 Å². The molecule has 4 rings (SSSR count). The molecule has 1 aliphatic rings. The molecule has 0 aliphatic heterocycles. The van der Waals surface area contributed by atoms with Gasteiger partial charge in [-0.3, -0.25) is 5.32 Å². The number of ether oxygens (including phenoxy) is 1. The molecule has 146 valence electrons. The fraction of sp³-hybridized carbons (Fsp3) is 0.167. The van der Waals surface area contributed by atoms with E-state index >= 15 is 0 Å². The number of rotatable bonds is 5. The van der Waals surface area contributed by atoms with E-state index in [9.17, 15) is 14.7 Å². The monoisotopic (exact) mass is 387 g/mol. The van der Waals surface area contributed by atoms with Gasteiger partial charge in [0.05, 0.1) is 11.3 Å². The molecule has 1 aliphatic carbocycles. The normalized spacial score (nSPS) is 12.2. The van der Waals surface area contributed by atoms with Crippen LogP contribution in [0.4, 0.5) is 10.5 Å². The zero-order chi connectivity index (χ0) is 20.4. The third-order valence-corrected chi connectivity index (χ3v) is 5.30. The maximum Gasteiger partial charge on any atom is 0.411 e. The smallest absolute Gasteiger partial charge is 0.411 e. The molecule has 3 aromatic rings. The van der Waals surface area contributed by atoms with E-state index in [1.807, 2.05) is 43.3 Å². The summed E-state index contributed by atoms with van der Waals surface area (Å²) in [5.41, 5.74) is 5.73. The zero-order valence-corrected chi connectivity index (χ0v) is 16.0. The molecule has 0 bridgehead atoms. The van der Waals surface area contributed by atoms with Crippen molar-refractivity contribution < 1.29 is 19.4 Å². The number of aryl methyl sites for hydroxylation is 1. The average Bonchev–Trinajstić information content (AvgIpc) is 3.06. The number of nitrogens with one attached hydrogen (secondary N) is 1. The number of amides is 1. The highest BCUT2D eigenvalue weighted by atomic mass is 16.5. The lowest BCUT2D eigenvalue weighted by Gasteiger charge is -2.15. The Morgan fingerprint density at radius 2 is 1.59 bits per heavy atom. The number of anilines is 1. The molecule has 0 unspecified atom stereocenters. The van der Waals surface area contributed by atoms with E-state index in [0.29, 0.717) is 6.42 Å². The van der Waals surface area contributed by atoms with E-state index in [-0.39, 0.29) is 23.8 Å². The van der Waals surface area contributed by atoms with Crippen LogP contribution >= 0.6 is 0 Å². The average molecular weight is 387 g/mol. The van der Waals surface area contributed by atoms with Gasteiger partial charge in [-0.2, -0.15) is 0 Å². The molecule has 0 saturated heterocycles. The summed E-state index contributed by atoms with van der Waals surface area (Å²) in [5, 5.41) is 12.0. The van der Waals surface area contributed by atoms with Crippen LogP contribution in [0.25, 0.3) is 11.1 Å². The molecule has 0 atom stereocenters. The van der Waals surface area contributed by atoms with E-state index in [1.54, 1.807) is 18.2 Å². The van der Waals surface area contributed by atoms with Crippen LogP contribution in [0.5, 0.6) is 0 Å². The Morgan fingerprint density at radius 3 is 2.17 bits per heavy atom. The molecule has 0 saturated carbocycles. The van der Waals surface area contributed by atoms with Gasteiger partial charge < -0.3 is 9.84 Å². The summed E-state index contributed by atoms with van der Waals surface area (Å²) >= 11 is 0. The maximum atomic E-state index is 12.4. The van der Waals surface area contributed by atoms with Crippen molar-refractivity contribution in [2.75, 3.05) is 11.9 Å². The van der Waals surface area contributed by atoms with Crippen molar-refractivity contribution in [1.29, 1.82) is 0 Å². The number of hydrogen-bond acceptors (Lipinski definition) is 3. The summed E-state index contributed by atoms with van der Waals surface area (Å²) < 4.78 is 5.49. The van der Waals surface area contributed by atoms with Gasteiger partial charge >= 0.3 is 12.1 Å². The summed E-state index contributed by atoms with van der Waals surface area (Å²) in [4.78, 5) is 23.9. The Hall–Kier alpha value is -3.60. The number of benzene rings is 3. The second-order valence-corrected chi connectivity index (χ2v) is 6.99. The van der Waals surface area contributed by atoms with Crippen LogP contribution in [0.2, 0.25) is 0 Å². The topological polar surface area (TPSA) is 75.6 Å². The highest BCUT2D eigenvalue weighted by Gasteiger charge is 2.29. The Bertz CT molecular complexity index is 1040. The second kappa shape index (κ2) is 7.80. The minimum Gasteiger partial charge on any atom is -0.478 e. The van der Waals surface area contributed by atoms with Crippen LogP contribution in [0, 0.1) is 0 Å². The van der Waals surface area contributed by atoms with Crippen molar-refractivity contribution >= 4 is 17.7 Å². The van der Waals surface area contributed by atoms with Crippen molar-refractivity contribution in [3.63, 3.8) is 0 Å². The molecule has 0 heterocycles. The lowest BCUT2D eigenvalue weighted by atomic mass is 9.98. The van der Waals surface area contributed by atoms with Gasteiger partial charge in [-0.1, -0.05) is 61.5 Å². The van der Waals surface area contributed by atoms with Gasteiger partial charge in [0.25, 0.3) is 0 Å². The molecule has 0 aromatic heterocycles. The third-order valence-electron chi connectivity index (χ3n) is 5.30. The van der Waals surface area contributed by atoms with Crippen LogP contribution in [0.15, 0.2) is 66.7 Å². The van der Waals surface area contributed by atoms with E-state index in [2.05, 4.69) is 17.4 Å². The Labute approximate surface area is 169 Å². The number of aromatic carboxylic acids is 1. The van der Waals surface area contributed by atoms with E-state index in [4.69, 9.17) is 4.74 Å². The quantitative estimate of drug-likeness (QED) is 0.622. The summed E-state index contributed by atoms with van der Waals surface area (Å²) in [6.07, 6.45) is 0.0458. The summed E-state index contributed by atoms with van der Waals surface area (Å²) in [6, 6.07) is 21.2. The van der Waals surface area contributed by atoms with Gasteiger partial charge in [0.15, 0.2) is 0 Å². The fourth-order valence-corrected chi connectivity index (χ4v) is 3.84. The van der Waals surface area contributed by atoms with Gasteiger partial charge in [0.1, 0.15) is 6.61 Å². The highest BCUT2D eigenvalue weighted by Crippen LogP contribution is 2.44. The van der Waals surface area contributed by atoms with Gasteiger partial charge in [-0.15, -0.1) is 0 Å². The van der Waals surface area contributed by atoms with Crippen molar-refractivity contribution in [2.24, 2.45) is 0 Å². The SMILES string of the molecule is CCc1ccc(NC(=O)OCC2c3ccccc3-c3ccccc32)c(C(=O)O)c1. The van der Waals surface area contributed by atoms with Gasteiger partial charge in [0, 0.05) is 5.92 Å². The van der Waals surface area contributed by atoms with Crippen LogP contribution < -0.4 is 5.32 Å². The molecule has 29 heavy (non-hydrogen) atoms. The summed E-state index contributed by atoms with van der Waals surface area (Å²) in [5.74, 6) is -1.14. The van der Waals surface area contributed by atoms with Gasteiger partial charge in [0.2, 0.25) is 0 Å². The minimum atomic E-state index is -1.09. The minimum absolute atomic E-state index is 0.0467. The summed E-state index contributed by atoms with van der Waals surface area (Å²) in [7, 11) is 0. The molecule has 0 fully saturated rings. The second-order valence-electron chi connectivity index (χ2n) is 6.99. The number of carbonyl (C=O) groups excluding carboxylic acids is 1. The molecule has 0 radical (unpaired) electrons. The van der Waals surface area contributed by atoms with Crippen molar-refractivity contribution in [3.05, 3.63) is 89.0 Å². The first kappa shape index (κ1) is 18.7. The molecule has 5 nitrogen and oxygen atoms in total. The van der Waals surface area contributed by atoms with E-state index < -0.39 is 12.1 Å². The van der Waals surface area contributed by atoms with Crippen LogP contribution in [0.3, 0.4) is 0 Å². The predicted molar refractivity (Wildman–Crippen MR) is 111 cm³/mol. The molecular weight excluding hydrogens is 366 g/mol. The number of carboxylic acids is 1. The first-order valence-corrected chi connectivity index (χ1v) is 9.56. The van der Waals surface area contributed by atoms with E-state index in [1.165, 1.54) is 0 Å². The van der Waals surface area contributed by atoms with E-state index in [0.717, 1.165) is 27.8 Å². The third kappa shape index (κ3) is 3.59.